The number of carbonyl (C=O) groups is 1. The second kappa shape index (κ2) is 9.63. The number of ether oxygens (including phenoxy) is 1. The minimum absolute atomic E-state index is 0.0581. The lowest BCUT2D eigenvalue weighted by Gasteiger charge is -2.26. The third-order valence-corrected chi connectivity index (χ3v) is 7.97. The number of aryl methyl sites for hydroxylation is 1. The van der Waals surface area contributed by atoms with Crippen LogP contribution < -0.4 is 5.32 Å². The Balaban J connectivity index is 1.84. The molecule has 1 heterocycles. The molecule has 0 unspecified atom stereocenters. The summed E-state index contributed by atoms with van der Waals surface area (Å²) >= 11 is 0. The number of benzene rings is 1. The summed E-state index contributed by atoms with van der Waals surface area (Å²) in [6, 6.07) is 6.49. The first-order chi connectivity index (χ1) is 12.7. The normalized spacial score (nSPS) is 16.2. The minimum atomic E-state index is -3.52. The molecule has 0 aliphatic carbocycles. The smallest absolute Gasteiger partial charge is 0.243 e. The molecule has 0 saturated carbocycles. The van der Waals surface area contributed by atoms with Gasteiger partial charge >= 0.3 is 0 Å². The summed E-state index contributed by atoms with van der Waals surface area (Å²) in [6.45, 7) is 3.15. The second-order valence-corrected chi connectivity index (χ2v) is 10.7. The molecule has 1 fully saturated rings. The predicted octanol–water partition coefficient (Wildman–Crippen LogP) is 0.191. The predicted molar refractivity (Wildman–Crippen MR) is 102 cm³/mol. The second-order valence-electron chi connectivity index (χ2n) is 6.25. The molecular formula is C17H26N2O6S2. The van der Waals surface area contributed by atoms with Gasteiger partial charge in [0, 0.05) is 31.8 Å². The number of nitrogens with zero attached hydrogens (tertiary/aromatic N) is 1. The SMILES string of the molecule is CCS(=O)(=O)CCNC(=O)CCc1ccc(S(=O)(=O)N2CCOCC2)cc1. The molecule has 0 radical (unpaired) electrons. The summed E-state index contributed by atoms with van der Waals surface area (Å²) in [5, 5.41) is 2.59. The number of nitrogens with one attached hydrogen (secondary N) is 1. The van der Waals surface area contributed by atoms with Gasteiger partial charge in [0.15, 0.2) is 9.84 Å². The number of rotatable bonds is 9. The molecule has 27 heavy (non-hydrogen) atoms. The first-order valence-electron chi connectivity index (χ1n) is 8.88. The monoisotopic (exact) mass is 418 g/mol. The van der Waals surface area contributed by atoms with Crippen LogP contribution in [-0.4, -0.2) is 71.4 Å². The lowest BCUT2D eigenvalue weighted by atomic mass is 10.1. The molecule has 1 N–H and O–H groups in total. The van der Waals surface area contributed by atoms with E-state index in [2.05, 4.69) is 5.32 Å². The van der Waals surface area contributed by atoms with Crippen LogP contribution in [0.3, 0.4) is 0 Å². The highest BCUT2D eigenvalue weighted by molar-refractivity contribution is 7.91. The van der Waals surface area contributed by atoms with Crippen LogP contribution in [0.25, 0.3) is 0 Å². The Labute approximate surface area is 160 Å². The summed E-state index contributed by atoms with van der Waals surface area (Å²) in [6.07, 6.45) is 0.659. The van der Waals surface area contributed by atoms with Crippen molar-refractivity contribution in [2.45, 2.75) is 24.7 Å². The van der Waals surface area contributed by atoms with Crippen molar-refractivity contribution < 1.29 is 26.4 Å². The molecule has 2 rings (SSSR count). The molecule has 1 aliphatic heterocycles. The van der Waals surface area contributed by atoms with Crippen LogP contribution in [0.4, 0.5) is 0 Å². The Morgan fingerprint density at radius 2 is 1.74 bits per heavy atom. The van der Waals surface area contributed by atoms with Crippen LogP contribution in [0.5, 0.6) is 0 Å². The molecule has 152 valence electrons. The number of amides is 1. The zero-order chi connectivity index (χ0) is 19.9. The Morgan fingerprint density at radius 3 is 2.33 bits per heavy atom. The average Bonchev–Trinajstić information content (AvgIpc) is 2.67. The van der Waals surface area contributed by atoms with E-state index in [0.717, 1.165) is 5.56 Å². The highest BCUT2D eigenvalue weighted by Crippen LogP contribution is 2.18. The number of morpholine rings is 1. The Hall–Kier alpha value is -1.49. The van der Waals surface area contributed by atoms with Crippen molar-refractivity contribution >= 4 is 25.8 Å². The Morgan fingerprint density at radius 1 is 1.11 bits per heavy atom. The Bertz CT molecular complexity index is 829. The van der Waals surface area contributed by atoms with Crippen molar-refractivity contribution in [1.29, 1.82) is 0 Å². The molecule has 1 aromatic rings. The third kappa shape index (κ3) is 6.56. The lowest BCUT2D eigenvalue weighted by Crippen LogP contribution is -2.40. The van der Waals surface area contributed by atoms with Gasteiger partial charge in [0.05, 0.1) is 23.9 Å². The highest BCUT2D eigenvalue weighted by atomic mass is 32.2. The number of hydrogen-bond donors (Lipinski definition) is 1. The van der Waals surface area contributed by atoms with Gasteiger partial charge in [0.2, 0.25) is 15.9 Å². The van der Waals surface area contributed by atoms with E-state index in [1.54, 1.807) is 31.2 Å². The number of sulfone groups is 1. The van der Waals surface area contributed by atoms with Crippen LogP contribution in [-0.2, 0) is 35.8 Å². The van der Waals surface area contributed by atoms with Crippen molar-refractivity contribution in [2.75, 3.05) is 44.4 Å². The summed E-state index contributed by atoms with van der Waals surface area (Å²) in [7, 11) is -6.62. The van der Waals surface area contributed by atoms with Gasteiger partial charge in [-0.3, -0.25) is 4.79 Å². The summed E-state index contributed by atoms with van der Waals surface area (Å²) in [5.74, 6) is -0.238. The van der Waals surface area contributed by atoms with Crippen molar-refractivity contribution in [2.24, 2.45) is 0 Å². The van der Waals surface area contributed by atoms with Crippen molar-refractivity contribution in [3.05, 3.63) is 29.8 Å². The average molecular weight is 419 g/mol. The topological polar surface area (TPSA) is 110 Å². The van der Waals surface area contributed by atoms with Gasteiger partial charge in [0.1, 0.15) is 0 Å². The summed E-state index contributed by atoms with van der Waals surface area (Å²) < 4.78 is 54.4. The molecule has 0 bridgehead atoms. The molecule has 1 saturated heterocycles. The fourth-order valence-corrected chi connectivity index (χ4v) is 4.71. The van der Waals surface area contributed by atoms with Crippen LogP contribution in [0, 0.1) is 0 Å². The third-order valence-electron chi connectivity index (χ3n) is 4.35. The van der Waals surface area contributed by atoms with E-state index in [9.17, 15) is 21.6 Å². The first kappa shape index (κ1) is 21.8. The van der Waals surface area contributed by atoms with Gasteiger partial charge in [-0.25, -0.2) is 16.8 Å². The quantitative estimate of drug-likeness (QED) is 0.613. The fourth-order valence-electron chi connectivity index (χ4n) is 2.60. The van der Waals surface area contributed by atoms with E-state index in [1.165, 1.54) is 4.31 Å². The number of hydrogen-bond acceptors (Lipinski definition) is 6. The number of carbonyl (C=O) groups excluding carboxylic acids is 1. The molecule has 0 aromatic heterocycles. The van der Waals surface area contributed by atoms with E-state index in [0.29, 0.717) is 32.7 Å². The van der Waals surface area contributed by atoms with Gasteiger partial charge < -0.3 is 10.1 Å². The number of sulfonamides is 1. The molecule has 0 atom stereocenters. The van der Waals surface area contributed by atoms with Crippen LogP contribution >= 0.6 is 0 Å². The zero-order valence-electron chi connectivity index (χ0n) is 15.4. The van der Waals surface area contributed by atoms with Gasteiger partial charge in [-0.1, -0.05) is 19.1 Å². The van der Waals surface area contributed by atoms with E-state index in [-0.39, 0.29) is 35.3 Å². The minimum Gasteiger partial charge on any atom is -0.379 e. The molecule has 10 heteroatoms. The standard InChI is InChI=1S/C17H26N2O6S2/c1-2-26(21,22)14-9-18-17(20)8-5-15-3-6-16(7-4-15)27(23,24)19-10-12-25-13-11-19/h3-4,6-7H,2,5,8-14H2,1H3,(H,18,20). The van der Waals surface area contributed by atoms with Crippen LogP contribution in [0.15, 0.2) is 29.2 Å². The van der Waals surface area contributed by atoms with E-state index in [1.807, 2.05) is 0 Å². The van der Waals surface area contributed by atoms with Gasteiger partial charge in [-0.05, 0) is 24.1 Å². The maximum atomic E-state index is 12.5. The van der Waals surface area contributed by atoms with Gasteiger partial charge in [-0.2, -0.15) is 4.31 Å². The molecule has 1 aliphatic rings. The van der Waals surface area contributed by atoms with Gasteiger partial charge in [-0.15, -0.1) is 0 Å². The molecule has 1 amide bonds. The van der Waals surface area contributed by atoms with Crippen molar-refractivity contribution in [3.63, 3.8) is 0 Å². The van der Waals surface area contributed by atoms with Crippen LogP contribution in [0.2, 0.25) is 0 Å². The Kier molecular flexibility index (Phi) is 7.78. The molecular weight excluding hydrogens is 392 g/mol. The summed E-state index contributed by atoms with van der Waals surface area (Å²) in [4.78, 5) is 12.0. The summed E-state index contributed by atoms with van der Waals surface area (Å²) in [5.41, 5.74) is 0.840. The van der Waals surface area contributed by atoms with E-state index in [4.69, 9.17) is 4.74 Å². The van der Waals surface area contributed by atoms with Gasteiger partial charge in [0.25, 0.3) is 0 Å². The van der Waals surface area contributed by atoms with E-state index < -0.39 is 19.9 Å². The maximum Gasteiger partial charge on any atom is 0.243 e. The van der Waals surface area contributed by atoms with E-state index >= 15 is 0 Å². The van der Waals surface area contributed by atoms with Crippen molar-refractivity contribution in [1.82, 2.24) is 9.62 Å². The first-order valence-corrected chi connectivity index (χ1v) is 12.1. The molecule has 1 aromatic carbocycles. The zero-order valence-corrected chi connectivity index (χ0v) is 17.0. The van der Waals surface area contributed by atoms with Crippen molar-refractivity contribution in [3.8, 4) is 0 Å². The molecule has 8 nitrogen and oxygen atoms in total. The van der Waals surface area contributed by atoms with Crippen LogP contribution in [0.1, 0.15) is 18.9 Å². The lowest BCUT2D eigenvalue weighted by molar-refractivity contribution is -0.120. The highest BCUT2D eigenvalue weighted by Gasteiger charge is 2.26. The molecule has 0 spiro atoms. The fraction of sp³-hybridized carbons (Fsp3) is 0.588. The maximum absolute atomic E-state index is 12.5. The largest absolute Gasteiger partial charge is 0.379 e.